The Hall–Kier alpha value is -3.59. The summed E-state index contributed by atoms with van der Waals surface area (Å²) in [5, 5.41) is 12.0. The lowest BCUT2D eigenvalue weighted by Gasteiger charge is -2.28. The van der Waals surface area contributed by atoms with Crippen molar-refractivity contribution in [3.05, 3.63) is 53.1 Å². The molecule has 3 amide bonds. The van der Waals surface area contributed by atoms with E-state index in [0.29, 0.717) is 34.9 Å². The molecule has 3 N–H and O–H groups in total. The van der Waals surface area contributed by atoms with Gasteiger partial charge in [0.2, 0.25) is 11.8 Å². The first-order valence-corrected chi connectivity index (χ1v) is 10.9. The van der Waals surface area contributed by atoms with Gasteiger partial charge in [0.1, 0.15) is 0 Å². The minimum atomic E-state index is -0.672. The summed E-state index contributed by atoms with van der Waals surface area (Å²) in [6.45, 7) is 2.53. The number of anilines is 1. The van der Waals surface area contributed by atoms with E-state index in [0.717, 1.165) is 18.4 Å². The summed E-state index contributed by atoms with van der Waals surface area (Å²) in [7, 11) is 1.53. The van der Waals surface area contributed by atoms with E-state index in [-0.39, 0.29) is 30.7 Å². The third-order valence-corrected chi connectivity index (χ3v) is 5.92. The van der Waals surface area contributed by atoms with Crippen molar-refractivity contribution in [1.82, 2.24) is 10.4 Å². The van der Waals surface area contributed by atoms with E-state index in [2.05, 4.69) is 5.32 Å². The Kier molecular flexibility index (Phi) is 6.50. The van der Waals surface area contributed by atoms with Gasteiger partial charge in [0.15, 0.2) is 11.5 Å². The molecule has 0 radical (unpaired) electrons. The van der Waals surface area contributed by atoms with E-state index < -0.39 is 11.9 Å². The van der Waals surface area contributed by atoms with Gasteiger partial charge in [-0.05, 0) is 49.1 Å². The van der Waals surface area contributed by atoms with Crippen LogP contribution in [0.5, 0.6) is 11.5 Å². The van der Waals surface area contributed by atoms with E-state index in [1.165, 1.54) is 7.11 Å². The maximum Gasteiger partial charge on any atom is 0.257 e. The summed E-state index contributed by atoms with van der Waals surface area (Å²) >= 11 is 0. The molecule has 1 aliphatic heterocycles. The van der Waals surface area contributed by atoms with Gasteiger partial charge in [-0.3, -0.25) is 19.6 Å². The molecule has 9 heteroatoms. The molecule has 1 saturated carbocycles. The fourth-order valence-corrected chi connectivity index (χ4v) is 4.12. The minimum absolute atomic E-state index is 0.00532. The topological polar surface area (TPSA) is 117 Å². The largest absolute Gasteiger partial charge is 0.493 e. The van der Waals surface area contributed by atoms with Gasteiger partial charge in [-0.25, -0.2) is 5.48 Å². The van der Waals surface area contributed by atoms with E-state index in [1.54, 1.807) is 40.7 Å². The summed E-state index contributed by atoms with van der Waals surface area (Å²) < 4.78 is 11.0. The second-order valence-corrected chi connectivity index (χ2v) is 8.13. The molecule has 1 atom stereocenters. The number of hydrogen-bond donors (Lipinski definition) is 3. The molecule has 2 aliphatic rings. The van der Waals surface area contributed by atoms with E-state index >= 15 is 0 Å². The Morgan fingerprint density at radius 1 is 1.21 bits per heavy atom. The summed E-state index contributed by atoms with van der Waals surface area (Å²) in [6.07, 6.45) is 1.57. The summed E-state index contributed by atoms with van der Waals surface area (Å²) in [5.41, 5.74) is 3.99. The monoisotopic (exact) mass is 453 g/mol. The summed E-state index contributed by atoms with van der Waals surface area (Å²) in [4.78, 5) is 39.6. The predicted octanol–water partition coefficient (Wildman–Crippen LogP) is 3.04. The molecule has 0 bridgehead atoms. The van der Waals surface area contributed by atoms with Crippen molar-refractivity contribution in [2.24, 2.45) is 5.92 Å². The molecule has 4 rings (SSSR count). The molecule has 2 aromatic rings. The molecule has 0 unspecified atom stereocenters. The van der Waals surface area contributed by atoms with Crippen molar-refractivity contribution < 1.29 is 29.1 Å². The van der Waals surface area contributed by atoms with Crippen LogP contribution in [-0.2, 0) is 16.1 Å². The second-order valence-electron chi connectivity index (χ2n) is 8.13. The van der Waals surface area contributed by atoms with Gasteiger partial charge in [0.05, 0.1) is 37.4 Å². The number of hydroxylamine groups is 1. The lowest BCUT2D eigenvalue weighted by atomic mass is 10.0. The van der Waals surface area contributed by atoms with Gasteiger partial charge in [0.25, 0.3) is 5.91 Å². The van der Waals surface area contributed by atoms with E-state index in [4.69, 9.17) is 14.7 Å². The predicted molar refractivity (Wildman–Crippen MR) is 119 cm³/mol. The molecule has 0 saturated heterocycles. The summed E-state index contributed by atoms with van der Waals surface area (Å²) in [6, 6.07) is 9.91. The van der Waals surface area contributed by atoms with Crippen LogP contribution in [0.2, 0.25) is 0 Å². The maximum atomic E-state index is 13.5. The lowest BCUT2D eigenvalue weighted by Crippen LogP contribution is -2.33. The van der Waals surface area contributed by atoms with Crippen LogP contribution in [0.3, 0.4) is 0 Å². The average molecular weight is 453 g/mol. The Bertz CT molecular complexity index is 1080. The molecule has 1 aliphatic carbocycles. The number of ether oxygens (including phenoxy) is 2. The zero-order valence-electron chi connectivity index (χ0n) is 18.6. The van der Waals surface area contributed by atoms with Crippen LogP contribution in [0.4, 0.5) is 5.69 Å². The van der Waals surface area contributed by atoms with E-state index in [9.17, 15) is 14.4 Å². The van der Waals surface area contributed by atoms with Crippen LogP contribution in [0.25, 0.3) is 0 Å². The van der Waals surface area contributed by atoms with Gasteiger partial charge in [-0.1, -0.05) is 18.2 Å². The minimum Gasteiger partial charge on any atom is -0.493 e. The first-order valence-electron chi connectivity index (χ1n) is 10.9. The van der Waals surface area contributed by atoms with Crippen molar-refractivity contribution in [2.75, 3.05) is 19.0 Å². The lowest BCUT2D eigenvalue weighted by molar-refractivity contribution is -0.130. The van der Waals surface area contributed by atoms with Gasteiger partial charge in [-0.2, -0.15) is 0 Å². The van der Waals surface area contributed by atoms with Crippen molar-refractivity contribution in [2.45, 2.75) is 38.8 Å². The number of carbonyl (C=O) groups is 3. The molecule has 1 fully saturated rings. The number of fused-ring (bicyclic) bond motifs is 1. The van der Waals surface area contributed by atoms with E-state index in [1.807, 2.05) is 13.0 Å². The Morgan fingerprint density at radius 2 is 2.00 bits per heavy atom. The standard InChI is InChI=1S/C24H27N3O6/c1-3-33-20-11-15(9-10-19(20)32-2)18(12-21(28)26-31)27-13-16-5-4-6-17(22(16)24(27)30)25-23(29)14-7-8-14/h4-6,9-11,14,18,31H,3,7-8,12-13H2,1-2H3,(H,25,29)(H,26,28)/t18-/m0/s1. The van der Waals surface area contributed by atoms with Gasteiger partial charge < -0.3 is 19.7 Å². The molecular weight excluding hydrogens is 426 g/mol. The van der Waals surface area contributed by atoms with Crippen LogP contribution in [0.1, 0.15) is 53.7 Å². The first kappa shape index (κ1) is 22.6. The molecule has 0 aromatic heterocycles. The number of methoxy groups -OCH3 is 1. The third kappa shape index (κ3) is 4.63. The second kappa shape index (κ2) is 9.50. The highest BCUT2D eigenvalue weighted by molar-refractivity contribution is 6.07. The third-order valence-electron chi connectivity index (χ3n) is 5.92. The molecule has 2 aromatic carbocycles. The molecule has 9 nitrogen and oxygen atoms in total. The highest BCUT2D eigenvalue weighted by Gasteiger charge is 2.38. The van der Waals surface area contributed by atoms with Crippen molar-refractivity contribution in [1.29, 1.82) is 0 Å². The Balaban J connectivity index is 1.68. The fraction of sp³-hybridized carbons (Fsp3) is 0.375. The van der Waals surface area contributed by atoms with Crippen LogP contribution >= 0.6 is 0 Å². The number of rotatable bonds is 9. The number of amides is 3. The number of hydrogen-bond acceptors (Lipinski definition) is 6. The van der Waals surface area contributed by atoms with Gasteiger partial charge in [0, 0.05) is 12.5 Å². The number of nitrogens with one attached hydrogen (secondary N) is 2. The first-order chi connectivity index (χ1) is 16.0. The Labute approximate surface area is 191 Å². The van der Waals surface area contributed by atoms with Crippen molar-refractivity contribution in [3.63, 3.8) is 0 Å². The average Bonchev–Trinajstić information content (AvgIpc) is 3.62. The molecule has 33 heavy (non-hydrogen) atoms. The maximum absolute atomic E-state index is 13.5. The van der Waals surface area contributed by atoms with Crippen LogP contribution in [0, 0.1) is 5.92 Å². The number of nitrogens with zero attached hydrogens (tertiary/aromatic N) is 1. The molecule has 174 valence electrons. The fourth-order valence-electron chi connectivity index (χ4n) is 4.12. The molecule has 0 spiro atoms. The normalized spacial score (nSPS) is 15.6. The van der Waals surface area contributed by atoms with Crippen LogP contribution in [-0.4, -0.2) is 41.5 Å². The number of benzene rings is 2. The quantitative estimate of drug-likeness (QED) is 0.397. The smallest absolute Gasteiger partial charge is 0.257 e. The van der Waals surface area contributed by atoms with Crippen molar-refractivity contribution >= 4 is 23.4 Å². The zero-order chi connectivity index (χ0) is 23.5. The van der Waals surface area contributed by atoms with Crippen LogP contribution < -0.4 is 20.3 Å². The van der Waals surface area contributed by atoms with Crippen molar-refractivity contribution in [3.8, 4) is 11.5 Å². The van der Waals surface area contributed by atoms with Gasteiger partial charge >= 0.3 is 0 Å². The summed E-state index contributed by atoms with van der Waals surface area (Å²) in [5.74, 6) is 0.0367. The highest BCUT2D eigenvalue weighted by atomic mass is 16.5. The zero-order valence-corrected chi connectivity index (χ0v) is 18.6. The molecular formula is C24H27N3O6. The molecule has 1 heterocycles. The highest BCUT2D eigenvalue weighted by Crippen LogP contribution is 2.40. The van der Waals surface area contributed by atoms with Crippen LogP contribution in [0.15, 0.2) is 36.4 Å². The van der Waals surface area contributed by atoms with Gasteiger partial charge in [-0.15, -0.1) is 0 Å². The Morgan fingerprint density at radius 3 is 2.67 bits per heavy atom. The SMILES string of the molecule is CCOc1cc([C@H](CC(=O)NO)N2Cc3cccc(NC(=O)C4CC4)c3C2=O)ccc1OC. The number of carbonyl (C=O) groups excluding carboxylic acids is 3.